The van der Waals surface area contributed by atoms with E-state index in [4.69, 9.17) is 9.47 Å². The summed E-state index contributed by atoms with van der Waals surface area (Å²) >= 11 is 0. The molecule has 2 unspecified atom stereocenters. The van der Waals surface area contributed by atoms with Crippen LogP contribution in [0.2, 0.25) is 0 Å². The summed E-state index contributed by atoms with van der Waals surface area (Å²) in [5.41, 5.74) is 0.393. The summed E-state index contributed by atoms with van der Waals surface area (Å²) in [5.74, 6) is 0.725. The van der Waals surface area contributed by atoms with Crippen molar-refractivity contribution in [3.8, 4) is 0 Å². The Morgan fingerprint density at radius 3 is 2.35 bits per heavy atom. The Bertz CT molecular complexity index is 223. The van der Waals surface area contributed by atoms with Crippen LogP contribution >= 0.6 is 0 Å². The van der Waals surface area contributed by atoms with E-state index in [2.05, 4.69) is 25.7 Å². The van der Waals surface area contributed by atoms with Crippen LogP contribution in [-0.2, 0) is 9.47 Å². The summed E-state index contributed by atoms with van der Waals surface area (Å²) < 4.78 is 11.4. The molecule has 0 aromatic heterocycles. The van der Waals surface area contributed by atoms with E-state index in [1.165, 1.54) is 12.8 Å². The zero-order valence-corrected chi connectivity index (χ0v) is 11.6. The van der Waals surface area contributed by atoms with E-state index in [0.29, 0.717) is 11.5 Å². The Balaban J connectivity index is 1.71. The Labute approximate surface area is 105 Å². The number of nitrogens with zero attached hydrogens (tertiary/aromatic N) is 1. The minimum atomic E-state index is 0.393. The number of ether oxygens (including phenoxy) is 2. The molecule has 3 nitrogen and oxygen atoms in total. The fourth-order valence-electron chi connectivity index (χ4n) is 2.70. The number of hydrogen-bond donors (Lipinski definition) is 0. The Hall–Kier alpha value is -0.120. The molecule has 2 rings (SSSR count). The van der Waals surface area contributed by atoms with Crippen molar-refractivity contribution < 1.29 is 9.47 Å². The van der Waals surface area contributed by atoms with Gasteiger partial charge in [0.25, 0.3) is 0 Å². The Morgan fingerprint density at radius 2 is 1.82 bits per heavy atom. The average Bonchev–Trinajstić information content (AvgIpc) is 2.30. The van der Waals surface area contributed by atoms with Crippen LogP contribution in [0.3, 0.4) is 0 Å². The zero-order valence-electron chi connectivity index (χ0n) is 11.6. The molecule has 0 saturated carbocycles. The fraction of sp³-hybridized carbons (Fsp3) is 1.00. The fourth-order valence-corrected chi connectivity index (χ4v) is 2.70. The minimum absolute atomic E-state index is 0.393. The van der Waals surface area contributed by atoms with Crippen molar-refractivity contribution in [2.24, 2.45) is 11.3 Å². The maximum absolute atomic E-state index is 6.04. The van der Waals surface area contributed by atoms with Crippen LogP contribution in [-0.4, -0.2) is 50.5 Å². The molecular weight excluding hydrogens is 214 g/mol. The third-order valence-corrected chi connectivity index (χ3v) is 4.16. The highest BCUT2D eigenvalue weighted by atomic mass is 16.5. The van der Waals surface area contributed by atoms with Crippen molar-refractivity contribution in [2.75, 3.05) is 39.5 Å². The van der Waals surface area contributed by atoms with Gasteiger partial charge in [-0.3, -0.25) is 4.90 Å². The second-order valence-electron chi connectivity index (χ2n) is 6.51. The van der Waals surface area contributed by atoms with E-state index in [0.717, 1.165) is 45.4 Å². The molecule has 0 spiro atoms. The van der Waals surface area contributed by atoms with Gasteiger partial charge in [-0.1, -0.05) is 20.8 Å². The molecule has 0 aliphatic carbocycles. The van der Waals surface area contributed by atoms with Gasteiger partial charge in [0.1, 0.15) is 0 Å². The van der Waals surface area contributed by atoms with Crippen molar-refractivity contribution in [3.05, 3.63) is 0 Å². The summed E-state index contributed by atoms with van der Waals surface area (Å²) in [6, 6.07) is 0. The number of rotatable bonds is 2. The summed E-state index contributed by atoms with van der Waals surface area (Å²) in [7, 11) is 0. The quantitative estimate of drug-likeness (QED) is 0.739. The van der Waals surface area contributed by atoms with E-state index in [9.17, 15) is 0 Å². The second-order valence-corrected chi connectivity index (χ2v) is 6.51. The zero-order chi connectivity index (χ0) is 12.3. The first-order valence-electron chi connectivity index (χ1n) is 6.97. The van der Waals surface area contributed by atoms with E-state index in [-0.39, 0.29) is 0 Å². The van der Waals surface area contributed by atoms with Gasteiger partial charge in [0.2, 0.25) is 0 Å². The summed E-state index contributed by atoms with van der Waals surface area (Å²) in [6.07, 6.45) is 2.99. The van der Waals surface area contributed by atoms with Crippen LogP contribution in [0.15, 0.2) is 0 Å². The average molecular weight is 241 g/mol. The van der Waals surface area contributed by atoms with Gasteiger partial charge in [0.15, 0.2) is 0 Å². The normalized spacial score (nSPS) is 32.6. The van der Waals surface area contributed by atoms with Gasteiger partial charge >= 0.3 is 0 Å². The monoisotopic (exact) mass is 241 g/mol. The highest BCUT2D eigenvalue weighted by Gasteiger charge is 2.31. The first-order valence-corrected chi connectivity index (χ1v) is 6.97. The molecule has 2 aliphatic rings. The van der Waals surface area contributed by atoms with Gasteiger partial charge in [0.05, 0.1) is 25.9 Å². The van der Waals surface area contributed by atoms with Crippen molar-refractivity contribution in [2.45, 2.75) is 39.7 Å². The van der Waals surface area contributed by atoms with Crippen LogP contribution in [0.5, 0.6) is 0 Å². The van der Waals surface area contributed by atoms with Crippen LogP contribution in [0.4, 0.5) is 0 Å². The topological polar surface area (TPSA) is 21.7 Å². The van der Waals surface area contributed by atoms with E-state index < -0.39 is 0 Å². The number of morpholine rings is 1. The lowest BCUT2D eigenvalue weighted by Crippen LogP contribution is -2.44. The Kier molecular flexibility index (Phi) is 4.45. The SMILES string of the molecule is CC(C)(C)C1CCC(CN2CCOCC2)OC1. The van der Waals surface area contributed by atoms with E-state index in [1.54, 1.807) is 0 Å². The van der Waals surface area contributed by atoms with Crippen LogP contribution < -0.4 is 0 Å². The molecule has 0 bridgehead atoms. The van der Waals surface area contributed by atoms with Crippen LogP contribution in [0.1, 0.15) is 33.6 Å². The van der Waals surface area contributed by atoms with Crippen molar-refractivity contribution >= 4 is 0 Å². The lowest BCUT2D eigenvalue weighted by Gasteiger charge is -2.39. The molecule has 17 heavy (non-hydrogen) atoms. The van der Waals surface area contributed by atoms with E-state index >= 15 is 0 Å². The molecule has 2 aliphatic heterocycles. The maximum Gasteiger partial charge on any atom is 0.0702 e. The van der Waals surface area contributed by atoms with Gasteiger partial charge in [-0.15, -0.1) is 0 Å². The van der Waals surface area contributed by atoms with Crippen molar-refractivity contribution in [1.82, 2.24) is 4.90 Å². The first-order chi connectivity index (χ1) is 8.05. The summed E-state index contributed by atoms with van der Waals surface area (Å²) in [6.45, 7) is 12.9. The molecule has 2 saturated heterocycles. The van der Waals surface area contributed by atoms with Crippen LogP contribution in [0, 0.1) is 11.3 Å². The standard InChI is InChI=1S/C14H27NO2/c1-14(2,3)12-4-5-13(17-11-12)10-15-6-8-16-9-7-15/h12-13H,4-11H2,1-3H3. The molecule has 2 atom stereocenters. The predicted octanol–water partition coefficient (Wildman–Crippen LogP) is 2.16. The molecule has 100 valence electrons. The molecule has 2 fully saturated rings. The lowest BCUT2D eigenvalue weighted by molar-refractivity contribution is -0.0684. The molecule has 3 heteroatoms. The van der Waals surface area contributed by atoms with Gasteiger partial charge in [-0.2, -0.15) is 0 Å². The van der Waals surface area contributed by atoms with Gasteiger partial charge in [-0.05, 0) is 24.2 Å². The van der Waals surface area contributed by atoms with Gasteiger partial charge in [0, 0.05) is 19.6 Å². The van der Waals surface area contributed by atoms with E-state index in [1.807, 2.05) is 0 Å². The molecule has 0 radical (unpaired) electrons. The minimum Gasteiger partial charge on any atom is -0.379 e. The highest BCUT2D eigenvalue weighted by Crippen LogP contribution is 2.34. The lowest BCUT2D eigenvalue weighted by atomic mass is 9.77. The van der Waals surface area contributed by atoms with Crippen molar-refractivity contribution in [1.29, 1.82) is 0 Å². The molecule has 0 aromatic carbocycles. The molecule has 0 aromatic rings. The Morgan fingerprint density at radius 1 is 1.12 bits per heavy atom. The largest absolute Gasteiger partial charge is 0.379 e. The second kappa shape index (κ2) is 5.68. The third kappa shape index (κ3) is 3.94. The molecule has 0 amide bonds. The third-order valence-electron chi connectivity index (χ3n) is 4.16. The predicted molar refractivity (Wildman–Crippen MR) is 69.2 cm³/mol. The molecule has 2 heterocycles. The van der Waals surface area contributed by atoms with Gasteiger partial charge in [-0.25, -0.2) is 0 Å². The van der Waals surface area contributed by atoms with Crippen LogP contribution in [0.25, 0.3) is 0 Å². The maximum atomic E-state index is 6.04. The first kappa shape index (κ1) is 13.3. The summed E-state index contributed by atoms with van der Waals surface area (Å²) in [4.78, 5) is 2.48. The van der Waals surface area contributed by atoms with Gasteiger partial charge < -0.3 is 9.47 Å². The highest BCUT2D eigenvalue weighted by molar-refractivity contribution is 4.80. The smallest absolute Gasteiger partial charge is 0.0702 e. The number of hydrogen-bond acceptors (Lipinski definition) is 3. The molecule has 0 N–H and O–H groups in total. The van der Waals surface area contributed by atoms with Crippen molar-refractivity contribution in [3.63, 3.8) is 0 Å². The molecular formula is C14H27NO2. The summed E-state index contributed by atoms with van der Waals surface area (Å²) in [5, 5.41) is 0.